The highest BCUT2D eigenvalue weighted by molar-refractivity contribution is 7.89. The monoisotopic (exact) mass is 410 g/mol. The number of ether oxygens (including phenoxy) is 1. The molecule has 1 atom stereocenters. The second-order valence-electron chi connectivity index (χ2n) is 7.34. The van der Waals surface area contributed by atoms with Crippen LogP contribution in [-0.4, -0.2) is 34.2 Å². The van der Waals surface area contributed by atoms with Crippen LogP contribution in [0.3, 0.4) is 0 Å². The lowest BCUT2D eigenvalue weighted by Gasteiger charge is -2.12. The van der Waals surface area contributed by atoms with Gasteiger partial charge >= 0.3 is 0 Å². The van der Waals surface area contributed by atoms with Crippen molar-refractivity contribution < 1.29 is 13.2 Å². The quantitative estimate of drug-likeness (QED) is 0.530. The van der Waals surface area contributed by atoms with E-state index in [4.69, 9.17) is 4.74 Å². The third-order valence-electron chi connectivity index (χ3n) is 5.20. The fourth-order valence-electron chi connectivity index (χ4n) is 3.72. The number of rotatable bonds is 9. The van der Waals surface area contributed by atoms with E-state index in [1.165, 1.54) is 5.56 Å². The van der Waals surface area contributed by atoms with Crippen LogP contribution < -0.4 is 14.8 Å². The van der Waals surface area contributed by atoms with E-state index in [2.05, 4.69) is 16.1 Å². The molecule has 0 aromatic heterocycles. The third-order valence-corrected chi connectivity index (χ3v) is 6.72. The number of para-hydroxylation sites is 1. The van der Waals surface area contributed by atoms with Gasteiger partial charge in [-0.3, -0.25) is 0 Å². The maximum atomic E-state index is 12.7. The molecule has 152 valence electrons. The standard InChI is InChI=1S/C23H26N2O3S/c26-29(27,23-13-7-10-18-8-1-3-11-21(18)23)25-15-6-5-14-24-17-20-16-19-9-2-4-12-22(19)28-20/h1-4,7-13,20,24-25H,5-6,14-17H2. The van der Waals surface area contributed by atoms with Crippen molar-refractivity contribution in [1.29, 1.82) is 0 Å². The largest absolute Gasteiger partial charge is 0.488 e. The van der Waals surface area contributed by atoms with E-state index in [1.54, 1.807) is 12.1 Å². The molecule has 6 heteroatoms. The fourth-order valence-corrected chi connectivity index (χ4v) is 5.02. The summed E-state index contributed by atoms with van der Waals surface area (Å²) < 4.78 is 34.0. The lowest BCUT2D eigenvalue weighted by atomic mass is 10.1. The van der Waals surface area contributed by atoms with Gasteiger partial charge in [0.05, 0.1) is 4.90 Å². The second-order valence-corrected chi connectivity index (χ2v) is 9.07. The molecule has 0 amide bonds. The van der Waals surface area contributed by atoms with Crippen LogP contribution in [0, 0.1) is 0 Å². The van der Waals surface area contributed by atoms with Crippen LogP contribution in [-0.2, 0) is 16.4 Å². The summed E-state index contributed by atoms with van der Waals surface area (Å²) in [6.07, 6.45) is 2.80. The Bertz CT molecular complexity index is 1050. The predicted octanol–water partition coefficient (Wildman–Crippen LogP) is 3.49. The molecule has 0 saturated carbocycles. The van der Waals surface area contributed by atoms with Gasteiger partial charge in [-0.25, -0.2) is 13.1 Å². The lowest BCUT2D eigenvalue weighted by Crippen LogP contribution is -2.31. The summed E-state index contributed by atoms with van der Waals surface area (Å²) in [5, 5.41) is 5.09. The molecule has 0 aliphatic carbocycles. The third kappa shape index (κ3) is 4.78. The van der Waals surface area contributed by atoms with Crippen molar-refractivity contribution in [3.8, 4) is 5.75 Å². The average Bonchev–Trinajstić information content (AvgIpc) is 3.15. The minimum atomic E-state index is -3.51. The maximum Gasteiger partial charge on any atom is 0.241 e. The van der Waals surface area contributed by atoms with Gasteiger partial charge in [0.2, 0.25) is 10.0 Å². The first-order valence-corrected chi connectivity index (χ1v) is 11.5. The van der Waals surface area contributed by atoms with Gasteiger partial charge in [0, 0.05) is 24.9 Å². The van der Waals surface area contributed by atoms with Gasteiger partial charge in [0.1, 0.15) is 11.9 Å². The van der Waals surface area contributed by atoms with Crippen LogP contribution in [0.15, 0.2) is 71.6 Å². The van der Waals surface area contributed by atoms with Crippen molar-refractivity contribution in [1.82, 2.24) is 10.0 Å². The molecule has 0 radical (unpaired) electrons. The van der Waals surface area contributed by atoms with E-state index in [-0.39, 0.29) is 6.10 Å². The van der Waals surface area contributed by atoms with Crippen LogP contribution in [0.25, 0.3) is 10.8 Å². The summed E-state index contributed by atoms with van der Waals surface area (Å²) in [5.41, 5.74) is 1.27. The zero-order chi connectivity index (χ0) is 20.1. The van der Waals surface area contributed by atoms with Crippen LogP contribution in [0.2, 0.25) is 0 Å². The molecule has 1 unspecified atom stereocenters. The lowest BCUT2D eigenvalue weighted by molar-refractivity contribution is 0.227. The van der Waals surface area contributed by atoms with Gasteiger partial charge in [-0.1, -0.05) is 54.6 Å². The Hall–Kier alpha value is -2.41. The highest BCUT2D eigenvalue weighted by Gasteiger charge is 2.21. The second kappa shape index (κ2) is 8.95. The Morgan fingerprint density at radius 2 is 1.66 bits per heavy atom. The molecule has 1 aliphatic heterocycles. The van der Waals surface area contributed by atoms with Gasteiger partial charge < -0.3 is 10.1 Å². The summed E-state index contributed by atoms with van der Waals surface area (Å²) in [4.78, 5) is 0.340. The number of nitrogens with one attached hydrogen (secondary N) is 2. The van der Waals surface area contributed by atoms with Gasteiger partial charge in [0.25, 0.3) is 0 Å². The van der Waals surface area contributed by atoms with Gasteiger partial charge in [-0.15, -0.1) is 0 Å². The number of benzene rings is 3. The molecule has 2 N–H and O–H groups in total. The Labute approximate surface area is 172 Å². The Balaban J connectivity index is 1.18. The van der Waals surface area contributed by atoms with Crippen molar-refractivity contribution in [2.24, 2.45) is 0 Å². The Morgan fingerprint density at radius 1 is 0.897 bits per heavy atom. The summed E-state index contributed by atoms with van der Waals surface area (Å²) in [5.74, 6) is 0.988. The molecule has 0 fully saturated rings. The summed E-state index contributed by atoms with van der Waals surface area (Å²) >= 11 is 0. The van der Waals surface area contributed by atoms with Crippen molar-refractivity contribution in [3.05, 3.63) is 72.3 Å². The van der Waals surface area contributed by atoms with E-state index < -0.39 is 10.0 Å². The van der Waals surface area contributed by atoms with Crippen LogP contribution in [0.5, 0.6) is 5.75 Å². The molecular formula is C23H26N2O3S. The highest BCUT2D eigenvalue weighted by atomic mass is 32.2. The van der Waals surface area contributed by atoms with Crippen molar-refractivity contribution in [2.45, 2.75) is 30.3 Å². The van der Waals surface area contributed by atoms with Crippen molar-refractivity contribution in [2.75, 3.05) is 19.6 Å². The topological polar surface area (TPSA) is 67.4 Å². The number of fused-ring (bicyclic) bond motifs is 2. The SMILES string of the molecule is O=S(=O)(NCCCCNCC1Cc2ccccc2O1)c1cccc2ccccc12. The molecule has 29 heavy (non-hydrogen) atoms. The van der Waals surface area contributed by atoms with Gasteiger partial charge in [-0.2, -0.15) is 0 Å². The van der Waals surface area contributed by atoms with E-state index in [0.29, 0.717) is 11.4 Å². The smallest absolute Gasteiger partial charge is 0.241 e. The number of sulfonamides is 1. The van der Waals surface area contributed by atoms with E-state index in [9.17, 15) is 8.42 Å². The van der Waals surface area contributed by atoms with E-state index in [1.807, 2.05) is 48.5 Å². The molecule has 4 rings (SSSR count). The van der Waals surface area contributed by atoms with Gasteiger partial charge in [-0.05, 0) is 42.5 Å². The minimum Gasteiger partial charge on any atom is -0.488 e. The van der Waals surface area contributed by atoms with Crippen molar-refractivity contribution >= 4 is 20.8 Å². The molecule has 0 saturated heterocycles. The molecule has 0 bridgehead atoms. The molecular weight excluding hydrogens is 384 g/mol. The number of hydrogen-bond acceptors (Lipinski definition) is 4. The summed E-state index contributed by atoms with van der Waals surface area (Å²) in [6.45, 7) is 2.07. The van der Waals surface area contributed by atoms with E-state index in [0.717, 1.165) is 48.9 Å². The average molecular weight is 411 g/mol. The van der Waals surface area contributed by atoms with Crippen molar-refractivity contribution in [3.63, 3.8) is 0 Å². The van der Waals surface area contributed by atoms with Gasteiger partial charge in [0.15, 0.2) is 0 Å². The van der Waals surface area contributed by atoms with Crippen LogP contribution >= 0.6 is 0 Å². The highest BCUT2D eigenvalue weighted by Crippen LogP contribution is 2.27. The fraction of sp³-hybridized carbons (Fsp3) is 0.304. The predicted molar refractivity (Wildman–Crippen MR) is 116 cm³/mol. The first kappa shape index (κ1) is 19.9. The zero-order valence-electron chi connectivity index (χ0n) is 16.3. The molecule has 1 aliphatic rings. The molecule has 0 spiro atoms. The van der Waals surface area contributed by atoms with Crippen LogP contribution in [0.1, 0.15) is 18.4 Å². The number of hydrogen-bond donors (Lipinski definition) is 2. The summed E-state index contributed by atoms with van der Waals surface area (Å²) in [7, 11) is -3.51. The Kier molecular flexibility index (Phi) is 6.13. The molecule has 5 nitrogen and oxygen atoms in total. The van der Waals surface area contributed by atoms with Crippen LogP contribution in [0.4, 0.5) is 0 Å². The Morgan fingerprint density at radius 3 is 2.55 bits per heavy atom. The maximum absolute atomic E-state index is 12.7. The molecule has 3 aromatic carbocycles. The zero-order valence-corrected chi connectivity index (χ0v) is 17.1. The summed E-state index contributed by atoms with van der Waals surface area (Å²) in [6, 6.07) is 21.1. The first-order chi connectivity index (χ1) is 14.1. The normalized spacial score (nSPS) is 15.9. The number of unbranched alkanes of at least 4 members (excludes halogenated alkanes) is 1. The molecule has 3 aromatic rings. The minimum absolute atomic E-state index is 0.178. The molecule has 1 heterocycles. The van der Waals surface area contributed by atoms with E-state index >= 15 is 0 Å². The first-order valence-electron chi connectivity index (χ1n) is 10.1.